The van der Waals surface area contributed by atoms with Gasteiger partial charge in [-0.25, -0.2) is 13.8 Å². The number of halogens is 2. The Morgan fingerprint density at radius 3 is 2.43 bits per heavy atom. The minimum Gasteiger partial charge on any atom is -0.357 e. The van der Waals surface area contributed by atoms with E-state index in [-0.39, 0.29) is 23.7 Å². The fourth-order valence-electron chi connectivity index (χ4n) is 4.97. The maximum absolute atomic E-state index is 14.1. The van der Waals surface area contributed by atoms with Crippen molar-refractivity contribution < 1.29 is 18.4 Å². The molecule has 5 atom stereocenters. The van der Waals surface area contributed by atoms with Gasteiger partial charge in [0.25, 0.3) is 5.91 Å². The molecule has 2 aliphatic heterocycles. The molecule has 35 heavy (non-hydrogen) atoms. The second-order valence-corrected chi connectivity index (χ2v) is 11.1. The van der Waals surface area contributed by atoms with Gasteiger partial charge in [-0.15, -0.1) is 0 Å². The lowest BCUT2D eigenvalue weighted by Crippen LogP contribution is -2.56. The van der Waals surface area contributed by atoms with Gasteiger partial charge in [-0.2, -0.15) is 0 Å². The number of benzene rings is 1. The summed E-state index contributed by atoms with van der Waals surface area (Å²) in [5, 5.41) is 5.55. The van der Waals surface area contributed by atoms with Gasteiger partial charge < -0.3 is 15.5 Å². The number of carbonyl (C=O) groups excluding carboxylic acids is 2. The van der Waals surface area contributed by atoms with Crippen LogP contribution in [0.4, 0.5) is 8.78 Å². The quantitative estimate of drug-likeness (QED) is 0.672. The topological polar surface area (TPSA) is 73.8 Å². The monoisotopic (exact) mass is 488 g/mol. The van der Waals surface area contributed by atoms with Gasteiger partial charge >= 0.3 is 0 Å². The van der Waals surface area contributed by atoms with Gasteiger partial charge in [-0.05, 0) is 62.3 Å². The second-order valence-electron chi connectivity index (χ2n) is 11.1. The zero-order valence-electron chi connectivity index (χ0n) is 21.8. The fraction of sp³-hybridized carbons (Fsp3) is 0.593. The Bertz CT molecular complexity index is 1030. The molecular weight excluding hydrogens is 450 g/mol. The van der Waals surface area contributed by atoms with Gasteiger partial charge in [0.2, 0.25) is 5.91 Å². The van der Waals surface area contributed by atoms with Crippen LogP contribution in [0.5, 0.6) is 0 Å². The molecule has 2 amide bonds. The third kappa shape index (κ3) is 5.97. The van der Waals surface area contributed by atoms with Gasteiger partial charge in [-0.1, -0.05) is 33.8 Å². The van der Waals surface area contributed by atoms with Crippen molar-refractivity contribution in [2.24, 2.45) is 28.2 Å². The highest BCUT2D eigenvalue weighted by molar-refractivity contribution is 6.41. The lowest BCUT2D eigenvalue weighted by atomic mass is 9.73. The normalized spacial score (nSPS) is 26.4. The molecule has 3 rings (SSSR count). The molecule has 1 aromatic rings. The average Bonchev–Trinajstić information content (AvgIpc) is 2.80. The number of rotatable bonds is 4. The largest absolute Gasteiger partial charge is 0.357 e. The van der Waals surface area contributed by atoms with Crippen LogP contribution in [0.3, 0.4) is 0 Å². The van der Waals surface area contributed by atoms with Gasteiger partial charge in [0.15, 0.2) is 11.6 Å². The Labute approximate surface area is 207 Å². The van der Waals surface area contributed by atoms with Crippen molar-refractivity contribution in [2.75, 3.05) is 20.6 Å². The van der Waals surface area contributed by atoms with E-state index < -0.39 is 29.0 Å². The Morgan fingerprint density at radius 2 is 1.83 bits per heavy atom. The highest BCUT2D eigenvalue weighted by Gasteiger charge is 2.41. The van der Waals surface area contributed by atoms with Gasteiger partial charge in [0.05, 0.1) is 5.70 Å². The summed E-state index contributed by atoms with van der Waals surface area (Å²) in [4.78, 5) is 33.3. The number of hydrogen-bond acceptors (Lipinski definition) is 4. The molecule has 5 unspecified atom stereocenters. The summed E-state index contributed by atoms with van der Waals surface area (Å²) in [7, 11) is 3.59. The van der Waals surface area contributed by atoms with Crippen molar-refractivity contribution >= 4 is 23.2 Å². The van der Waals surface area contributed by atoms with Crippen LogP contribution in [0.1, 0.15) is 53.0 Å². The molecule has 192 valence electrons. The third-order valence-electron chi connectivity index (χ3n) is 7.44. The number of aliphatic imine (C=N–C) groups is 1. The van der Waals surface area contributed by atoms with E-state index in [9.17, 15) is 18.4 Å². The first-order valence-electron chi connectivity index (χ1n) is 12.3. The number of nitrogens with zero attached hydrogens (tertiary/aromatic N) is 2. The van der Waals surface area contributed by atoms with Crippen molar-refractivity contribution in [3.05, 3.63) is 41.5 Å². The summed E-state index contributed by atoms with van der Waals surface area (Å²) in [6.07, 6.45) is 3.99. The number of allylic oxidation sites excluding steroid dienone is 1. The highest BCUT2D eigenvalue weighted by atomic mass is 19.2. The molecule has 1 aromatic carbocycles. The van der Waals surface area contributed by atoms with E-state index in [1.54, 1.807) is 0 Å². The first kappa shape index (κ1) is 27.0. The molecule has 0 saturated carbocycles. The maximum atomic E-state index is 14.1. The Kier molecular flexibility index (Phi) is 8.14. The van der Waals surface area contributed by atoms with Crippen molar-refractivity contribution in [3.8, 4) is 0 Å². The average molecular weight is 489 g/mol. The van der Waals surface area contributed by atoms with Crippen LogP contribution >= 0.6 is 0 Å². The lowest BCUT2D eigenvalue weighted by Gasteiger charge is -2.41. The number of carbonyl (C=O) groups is 2. The van der Waals surface area contributed by atoms with Gasteiger partial charge in [-0.3, -0.25) is 9.59 Å². The summed E-state index contributed by atoms with van der Waals surface area (Å²) >= 11 is 0. The summed E-state index contributed by atoms with van der Waals surface area (Å²) in [6.45, 7) is 10.6. The van der Waals surface area contributed by atoms with E-state index in [1.165, 1.54) is 13.1 Å². The van der Waals surface area contributed by atoms with Gasteiger partial charge in [0, 0.05) is 31.1 Å². The molecule has 0 aliphatic carbocycles. The Balaban J connectivity index is 2.08. The fourth-order valence-corrected chi connectivity index (χ4v) is 4.97. The molecule has 6 nitrogen and oxygen atoms in total. The third-order valence-corrected chi connectivity index (χ3v) is 7.44. The number of likely N-dealkylation sites (N-methyl/N-ethyl adjacent to an activating group) is 1. The van der Waals surface area contributed by atoms with Crippen molar-refractivity contribution in [1.29, 1.82) is 0 Å². The SMILES string of the molecule is CNC(=O)C(NC(=O)C1=NC(c2ccc(F)c(F)c2)=CC2C(C)CCC(C)N(C)CC12)C(C)(C)C. The van der Waals surface area contributed by atoms with Crippen molar-refractivity contribution in [1.82, 2.24) is 15.5 Å². The Hall–Kier alpha value is -2.61. The molecular formula is C27H38F2N4O2. The van der Waals surface area contributed by atoms with E-state index in [0.29, 0.717) is 29.6 Å². The summed E-state index contributed by atoms with van der Waals surface area (Å²) in [5.74, 6) is -2.54. The van der Waals surface area contributed by atoms with E-state index in [1.807, 2.05) is 33.9 Å². The molecule has 0 radical (unpaired) electrons. The summed E-state index contributed by atoms with van der Waals surface area (Å²) in [6, 6.07) is 3.26. The molecule has 0 aromatic heterocycles. The molecule has 8 heteroatoms. The summed E-state index contributed by atoms with van der Waals surface area (Å²) in [5.41, 5.74) is 0.666. The highest BCUT2D eigenvalue weighted by Crippen LogP contribution is 2.38. The molecule has 0 bridgehead atoms. The molecule has 2 N–H and O–H groups in total. The number of likely N-dealkylation sites (tertiary alicyclic amines) is 1. The second kappa shape index (κ2) is 10.6. The molecule has 1 saturated heterocycles. The minimum atomic E-state index is -0.960. The molecule has 1 fully saturated rings. The molecule has 0 spiro atoms. The van der Waals surface area contributed by atoms with E-state index in [2.05, 4.69) is 29.4 Å². The van der Waals surface area contributed by atoms with Crippen LogP contribution in [-0.2, 0) is 9.59 Å². The predicted octanol–water partition coefficient (Wildman–Crippen LogP) is 4.02. The first-order valence-corrected chi connectivity index (χ1v) is 12.3. The number of fused-ring (bicyclic) bond motifs is 1. The van der Waals surface area contributed by atoms with Crippen LogP contribution < -0.4 is 10.6 Å². The summed E-state index contributed by atoms with van der Waals surface area (Å²) < 4.78 is 27.7. The van der Waals surface area contributed by atoms with Crippen LogP contribution in [0.2, 0.25) is 0 Å². The van der Waals surface area contributed by atoms with E-state index in [4.69, 9.17) is 4.99 Å². The molecule has 2 heterocycles. The smallest absolute Gasteiger partial charge is 0.266 e. The van der Waals surface area contributed by atoms with Gasteiger partial charge in [0.1, 0.15) is 11.8 Å². The minimum absolute atomic E-state index is 0.0144. The zero-order chi connectivity index (χ0) is 26.1. The van der Waals surface area contributed by atoms with Crippen molar-refractivity contribution in [2.45, 2.75) is 59.5 Å². The van der Waals surface area contributed by atoms with Crippen LogP contribution in [0.25, 0.3) is 5.70 Å². The van der Waals surface area contributed by atoms with E-state index in [0.717, 1.165) is 25.0 Å². The van der Waals surface area contributed by atoms with Crippen LogP contribution in [-0.4, -0.2) is 55.1 Å². The number of nitrogens with one attached hydrogen (secondary N) is 2. The number of amides is 2. The zero-order valence-corrected chi connectivity index (χ0v) is 21.8. The molecule has 2 aliphatic rings. The predicted molar refractivity (Wildman–Crippen MR) is 135 cm³/mol. The van der Waals surface area contributed by atoms with Crippen molar-refractivity contribution in [3.63, 3.8) is 0 Å². The first-order chi connectivity index (χ1) is 16.3. The standard InChI is InChI=1S/C27H38F2N4O2/c1-15-8-9-16(2)33(7)14-19-18(15)13-22(17-10-11-20(28)21(29)12-17)31-23(19)25(34)32-24(26(35)30-6)27(3,4)5/h10-13,15-16,18-19,24H,8-9,14H2,1-7H3,(H,30,35)(H,32,34). The van der Waals surface area contributed by atoms with Crippen LogP contribution in [0, 0.1) is 34.8 Å². The lowest BCUT2D eigenvalue weighted by molar-refractivity contribution is -0.129. The maximum Gasteiger partial charge on any atom is 0.266 e. The number of hydrogen-bond donors (Lipinski definition) is 2. The Morgan fingerprint density at radius 1 is 1.14 bits per heavy atom. The van der Waals surface area contributed by atoms with Crippen LogP contribution in [0.15, 0.2) is 29.3 Å². The van der Waals surface area contributed by atoms with E-state index >= 15 is 0 Å².